The van der Waals surface area contributed by atoms with Gasteiger partial charge in [0.05, 0.1) is 11.7 Å². The summed E-state index contributed by atoms with van der Waals surface area (Å²) in [4.78, 5) is 113. The lowest BCUT2D eigenvalue weighted by atomic mass is 9.88. The molecule has 8 amide bonds. The molecule has 3 aromatic carbocycles. The van der Waals surface area contributed by atoms with Crippen LogP contribution in [0.15, 0.2) is 91.1 Å². The van der Waals surface area contributed by atoms with Crippen LogP contribution in [0.1, 0.15) is 108 Å². The molecule has 0 radical (unpaired) electrons. The topological polar surface area (TPSA) is 265 Å². The van der Waals surface area contributed by atoms with Gasteiger partial charge in [-0.1, -0.05) is 62.7 Å². The molecule has 3 aliphatic heterocycles. The summed E-state index contributed by atoms with van der Waals surface area (Å²) in [5, 5.41) is 19.1. The minimum absolute atomic E-state index is 0.0338. The number of Topliss-reactive ketones (excluding diaryl/α,β-unsaturated/α-hetero) is 1. The lowest BCUT2D eigenvalue weighted by Crippen LogP contribution is -2.47. The summed E-state index contributed by atoms with van der Waals surface area (Å²) in [5.74, 6) is -4.66. The Kier molecular flexibility index (Phi) is 22.4. The van der Waals surface area contributed by atoms with E-state index in [1.165, 1.54) is 19.1 Å². The zero-order chi connectivity index (χ0) is 58.9. The van der Waals surface area contributed by atoms with Crippen LogP contribution in [0.4, 0.5) is 24.1 Å². The number of carbonyl (C=O) groups is 8. The molecule has 6 N–H and O–H groups in total. The quantitative estimate of drug-likeness (QED) is 0.0290. The maximum absolute atomic E-state index is 15.4. The van der Waals surface area contributed by atoms with Crippen molar-refractivity contribution in [3.63, 3.8) is 0 Å². The van der Waals surface area contributed by atoms with Gasteiger partial charge in [-0.15, -0.1) is 0 Å². The van der Waals surface area contributed by atoms with Gasteiger partial charge in [-0.25, -0.2) is 23.4 Å². The van der Waals surface area contributed by atoms with Crippen molar-refractivity contribution in [2.45, 2.75) is 116 Å². The smallest absolute Gasteiger partial charge is 0.410 e. The minimum Gasteiger partial charge on any atom is -0.445 e. The first kappa shape index (κ1) is 61.8. The van der Waals surface area contributed by atoms with Gasteiger partial charge >= 0.3 is 12.1 Å². The summed E-state index contributed by atoms with van der Waals surface area (Å²) >= 11 is 0. The summed E-state index contributed by atoms with van der Waals surface area (Å²) in [6.07, 6.45) is 6.03. The van der Waals surface area contributed by atoms with Crippen LogP contribution in [0, 0.1) is 35.3 Å². The van der Waals surface area contributed by atoms with Gasteiger partial charge in [0.25, 0.3) is 17.7 Å². The summed E-state index contributed by atoms with van der Waals surface area (Å²) < 4.78 is 43.3. The fourth-order valence-corrected chi connectivity index (χ4v) is 10.7. The number of hydrogen-bond donors (Lipinski definition) is 5. The van der Waals surface area contributed by atoms with Crippen LogP contribution in [-0.4, -0.2) is 135 Å². The Morgan fingerprint density at radius 1 is 0.878 bits per heavy atom. The Hall–Kier alpha value is -7.85. The second kappa shape index (κ2) is 29.7. The molecule has 440 valence electrons. The van der Waals surface area contributed by atoms with E-state index in [9.17, 15) is 47.9 Å². The van der Waals surface area contributed by atoms with E-state index in [0.717, 1.165) is 28.7 Å². The number of ketones is 1. The summed E-state index contributed by atoms with van der Waals surface area (Å²) in [6.45, 7) is 7.21. The van der Waals surface area contributed by atoms with Crippen LogP contribution in [0.5, 0.6) is 0 Å². The molecule has 0 saturated carbocycles. The number of nitrogens with zero attached hydrogens (tertiary/aromatic N) is 5. The molecule has 20 nitrogen and oxygen atoms in total. The fourth-order valence-electron chi connectivity index (χ4n) is 10.7. The third-order valence-electron chi connectivity index (χ3n) is 15.2. The number of likely N-dealkylation sites (tertiary alicyclic amines) is 1. The Balaban J connectivity index is 0.962. The number of hydrogen-bond acceptors (Lipinski definition) is 12. The SMILES string of the molecule is CC(C)[C@H](CC(=O)CCCCCN1C(=O)C=CC1=O)C(=O)N[C@@H](CCCNC(N)=O)C(=O)Nc1ccc(COC(=O)N2CC[C@H](CN(C(=O)[C@H](C)O)[C@@H](c3nc(-c4cc(F)ccc4F)cn3Cc3ccccc3)C3CCOCC3)C2)cc1. The van der Waals surface area contributed by atoms with Gasteiger partial charge in [0, 0.05) is 101 Å². The van der Waals surface area contributed by atoms with E-state index in [2.05, 4.69) is 16.0 Å². The van der Waals surface area contributed by atoms with Crippen LogP contribution < -0.4 is 21.7 Å². The molecule has 4 aromatic rings. The highest BCUT2D eigenvalue weighted by molar-refractivity contribution is 6.12. The van der Waals surface area contributed by atoms with E-state index in [1.54, 1.807) is 40.3 Å². The number of anilines is 1. The van der Waals surface area contributed by atoms with Crippen molar-refractivity contribution in [1.29, 1.82) is 0 Å². The van der Waals surface area contributed by atoms with E-state index >= 15 is 4.39 Å². The van der Waals surface area contributed by atoms with Crippen LogP contribution in [-0.2, 0) is 51.4 Å². The van der Waals surface area contributed by atoms with Crippen LogP contribution >= 0.6 is 0 Å². The zero-order valence-electron chi connectivity index (χ0n) is 46.7. The number of nitrogens with two attached hydrogens (primary N) is 1. The van der Waals surface area contributed by atoms with Crippen molar-refractivity contribution in [2.75, 3.05) is 51.3 Å². The number of aliphatic hydroxyl groups is 1. The Morgan fingerprint density at radius 3 is 2.28 bits per heavy atom. The summed E-state index contributed by atoms with van der Waals surface area (Å²) in [7, 11) is 0. The molecule has 4 heterocycles. The Bertz CT molecular complexity index is 2890. The number of primary amides is 1. The largest absolute Gasteiger partial charge is 0.445 e. The second-order valence-electron chi connectivity index (χ2n) is 21.7. The predicted molar refractivity (Wildman–Crippen MR) is 299 cm³/mol. The molecule has 2 fully saturated rings. The number of imidazole rings is 1. The Labute approximate surface area is 476 Å². The van der Waals surface area contributed by atoms with E-state index in [-0.39, 0.29) is 98.7 Å². The van der Waals surface area contributed by atoms with Crippen LogP contribution in [0.2, 0.25) is 0 Å². The lowest BCUT2D eigenvalue weighted by molar-refractivity contribution is -0.145. The van der Waals surface area contributed by atoms with Crippen molar-refractivity contribution in [3.8, 4) is 11.3 Å². The number of aliphatic hydroxyl groups excluding tert-OH is 1. The highest BCUT2D eigenvalue weighted by Gasteiger charge is 2.41. The number of benzene rings is 3. The minimum atomic E-state index is -1.39. The lowest BCUT2D eigenvalue weighted by Gasteiger charge is -2.40. The van der Waals surface area contributed by atoms with Crippen LogP contribution in [0.25, 0.3) is 11.3 Å². The molecule has 5 atom stereocenters. The number of ether oxygens (including phenoxy) is 2. The average Bonchev–Trinajstić information content (AvgIpc) is 3.77. The number of rotatable bonds is 28. The molecule has 0 unspecified atom stereocenters. The highest BCUT2D eigenvalue weighted by atomic mass is 19.1. The van der Waals surface area contributed by atoms with E-state index in [4.69, 9.17) is 20.2 Å². The van der Waals surface area contributed by atoms with Gasteiger partial charge < -0.3 is 50.6 Å². The van der Waals surface area contributed by atoms with Gasteiger partial charge in [-0.3, -0.25) is 33.7 Å². The molecule has 0 aliphatic carbocycles. The van der Waals surface area contributed by atoms with Gasteiger partial charge in [-0.2, -0.15) is 0 Å². The number of nitrogens with one attached hydrogen (secondary N) is 3. The number of carbonyl (C=O) groups excluding carboxylic acids is 8. The van der Waals surface area contributed by atoms with Gasteiger partial charge in [-0.05, 0) is 111 Å². The maximum atomic E-state index is 15.4. The van der Waals surface area contributed by atoms with Crippen molar-refractivity contribution >= 4 is 53.1 Å². The third-order valence-corrected chi connectivity index (χ3v) is 15.2. The third kappa shape index (κ3) is 17.3. The maximum Gasteiger partial charge on any atom is 0.410 e. The number of halogens is 2. The molecule has 7 rings (SSSR count). The first-order valence-corrected chi connectivity index (χ1v) is 28.2. The first-order valence-electron chi connectivity index (χ1n) is 28.2. The number of aromatic nitrogens is 2. The fraction of sp³-hybridized carbons (Fsp3) is 0.483. The first-order chi connectivity index (χ1) is 39.3. The molecular weight excluding hydrogens is 1060 g/mol. The molecule has 0 spiro atoms. The van der Waals surface area contributed by atoms with Crippen molar-refractivity contribution in [1.82, 2.24) is 34.9 Å². The highest BCUT2D eigenvalue weighted by Crippen LogP contribution is 2.39. The normalized spacial score (nSPS) is 16.9. The Morgan fingerprint density at radius 2 is 1.60 bits per heavy atom. The molecule has 22 heteroatoms. The molecule has 2 saturated heterocycles. The monoisotopic (exact) mass is 1140 g/mol. The number of unbranched alkanes of at least 4 members (excludes halogenated alkanes) is 2. The zero-order valence-corrected chi connectivity index (χ0v) is 46.7. The number of amides is 8. The molecule has 3 aliphatic rings. The van der Waals surface area contributed by atoms with Gasteiger partial charge in [0.2, 0.25) is 11.8 Å². The van der Waals surface area contributed by atoms with E-state index < -0.39 is 65.6 Å². The van der Waals surface area contributed by atoms with Crippen LogP contribution in [0.3, 0.4) is 0 Å². The summed E-state index contributed by atoms with van der Waals surface area (Å²) in [5.41, 5.74) is 7.30. The molecule has 82 heavy (non-hydrogen) atoms. The standard InChI is InChI=1S/C60H75F2N9O11/c1-38(2)47(32-46(73)13-8-5-9-27-70-52(74)21-22-53(70)75)56(76)67-50(14-10-26-64-59(63)79)57(77)65-45-18-15-41(16-19-45)37-82-60(80)68-28-23-42(34-68)35-71(58(78)39(3)72)54(43-24-29-81-30-25-43)55-66-51(48-31-44(61)17-20-49(48)62)36-69(55)33-40-11-6-4-7-12-40/h4,6-7,11-12,15-22,31,36,38-39,42-43,47,50,54,72H,5,8-10,13-14,23-30,32-35,37H2,1-3H3,(H,65,77)(H,67,76)(H3,63,64,79)/t39-,42-,47-,50-,54+/m0/s1. The van der Waals surface area contributed by atoms with Crippen molar-refractivity contribution < 1.29 is 61.7 Å². The van der Waals surface area contributed by atoms with Crippen molar-refractivity contribution in [2.24, 2.45) is 29.4 Å². The van der Waals surface area contributed by atoms with Gasteiger partial charge in [0.15, 0.2) is 0 Å². The molecule has 0 bridgehead atoms. The van der Waals surface area contributed by atoms with Crippen molar-refractivity contribution in [3.05, 3.63) is 120 Å². The molecule has 1 aromatic heterocycles. The number of urea groups is 1. The average molecular weight is 1140 g/mol. The van der Waals surface area contributed by atoms with E-state index in [0.29, 0.717) is 88.3 Å². The number of imide groups is 1. The van der Waals surface area contributed by atoms with Gasteiger partial charge in [0.1, 0.15) is 42.0 Å². The predicted octanol–water partition coefficient (Wildman–Crippen LogP) is 6.80. The summed E-state index contributed by atoms with van der Waals surface area (Å²) in [6, 6.07) is 16.8. The second-order valence-corrected chi connectivity index (χ2v) is 21.7. The van der Waals surface area contributed by atoms with E-state index in [1.807, 2.05) is 48.7 Å². The molecular formula is C60H75F2N9O11.